The Morgan fingerprint density at radius 3 is 2.73 bits per heavy atom. The van der Waals surface area contributed by atoms with Crippen molar-refractivity contribution in [1.29, 1.82) is 0 Å². The first-order chi connectivity index (χ1) is 7.38. The van der Waals surface area contributed by atoms with Crippen LogP contribution in [0.4, 0.5) is 0 Å². The molecule has 0 atom stereocenters. The minimum Gasteiger partial charge on any atom is -0.473 e. The minimum atomic E-state index is 0.356. The van der Waals surface area contributed by atoms with Crippen LogP contribution in [-0.2, 0) is 6.54 Å². The first-order valence-electron chi connectivity index (χ1n) is 5.50. The number of aromatic nitrogens is 2. The molecule has 0 radical (unpaired) electrons. The molecule has 1 N–H and O–H groups in total. The van der Waals surface area contributed by atoms with Gasteiger partial charge in [0.1, 0.15) is 6.10 Å². The maximum Gasteiger partial charge on any atom is 0.232 e. The van der Waals surface area contributed by atoms with Crippen LogP contribution in [0, 0.1) is 0 Å². The maximum atomic E-state index is 5.71. The molecule has 1 aliphatic rings. The van der Waals surface area contributed by atoms with Crippen molar-refractivity contribution in [3.63, 3.8) is 0 Å². The molecule has 1 aromatic rings. The van der Waals surface area contributed by atoms with E-state index in [9.17, 15) is 0 Å². The van der Waals surface area contributed by atoms with Crippen molar-refractivity contribution in [2.75, 3.05) is 7.05 Å². The molecule has 4 heteroatoms. The normalized spacial score (nSPS) is 16.9. The fourth-order valence-electron chi connectivity index (χ4n) is 1.85. The summed E-state index contributed by atoms with van der Waals surface area (Å²) in [5.41, 5.74) is 0.941. The van der Waals surface area contributed by atoms with E-state index in [1.165, 1.54) is 12.8 Å². The summed E-state index contributed by atoms with van der Waals surface area (Å²) in [6, 6.07) is 0. The van der Waals surface area contributed by atoms with Gasteiger partial charge >= 0.3 is 0 Å². The van der Waals surface area contributed by atoms with Gasteiger partial charge in [0.2, 0.25) is 5.88 Å². The van der Waals surface area contributed by atoms with Crippen LogP contribution in [0.1, 0.15) is 31.4 Å². The summed E-state index contributed by atoms with van der Waals surface area (Å²) in [6.45, 7) is 0.747. The Balaban J connectivity index is 1.91. The van der Waals surface area contributed by atoms with E-state index in [1.807, 2.05) is 7.05 Å². The highest BCUT2D eigenvalue weighted by molar-refractivity contribution is 5.07. The molecule has 1 aromatic heterocycles. The number of hydrogen-bond acceptors (Lipinski definition) is 4. The Morgan fingerprint density at radius 1 is 1.33 bits per heavy atom. The number of nitrogens with one attached hydrogen (secondary N) is 1. The van der Waals surface area contributed by atoms with Gasteiger partial charge in [-0.05, 0) is 32.7 Å². The lowest BCUT2D eigenvalue weighted by molar-refractivity contribution is 0.200. The molecule has 82 valence electrons. The zero-order valence-corrected chi connectivity index (χ0v) is 9.07. The Kier molecular flexibility index (Phi) is 3.50. The summed E-state index contributed by atoms with van der Waals surface area (Å²) in [5.74, 6) is 0.654. The predicted octanol–water partition coefficient (Wildman–Crippen LogP) is 1.52. The fourth-order valence-corrected chi connectivity index (χ4v) is 1.85. The average Bonchev–Trinajstić information content (AvgIpc) is 2.74. The molecule has 0 bridgehead atoms. The Bertz CT molecular complexity index is 293. The topological polar surface area (TPSA) is 47.0 Å². The molecule has 0 aromatic carbocycles. The maximum absolute atomic E-state index is 5.71. The van der Waals surface area contributed by atoms with Crippen molar-refractivity contribution >= 4 is 0 Å². The molecular weight excluding hydrogens is 190 g/mol. The van der Waals surface area contributed by atoms with Gasteiger partial charge in [-0.25, -0.2) is 4.98 Å². The quantitative estimate of drug-likeness (QED) is 0.813. The molecule has 0 spiro atoms. The molecule has 0 saturated heterocycles. The van der Waals surface area contributed by atoms with Gasteiger partial charge in [-0.2, -0.15) is 0 Å². The Hall–Kier alpha value is -1.16. The van der Waals surface area contributed by atoms with E-state index >= 15 is 0 Å². The fraction of sp³-hybridized carbons (Fsp3) is 0.636. The Labute approximate surface area is 90.1 Å². The van der Waals surface area contributed by atoms with Crippen molar-refractivity contribution in [1.82, 2.24) is 15.3 Å². The summed E-state index contributed by atoms with van der Waals surface area (Å²) >= 11 is 0. The third-order valence-corrected chi connectivity index (χ3v) is 2.63. The lowest BCUT2D eigenvalue weighted by Crippen LogP contribution is -2.13. The van der Waals surface area contributed by atoms with Crippen molar-refractivity contribution < 1.29 is 4.74 Å². The second-order valence-corrected chi connectivity index (χ2v) is 3.90. The van der Waals surface area contributed by atoms with Gasteiger partial charge in [0.05, 0.1) is 18.1 Å². The second kappa shape index (κ2) is 5.07. The monoisotopic (exact) mass is 207 g/mol. The zero-order valence-electron chi connectivity index (χ0n) is 9.07. The summed E-state index contributed by atoms with van der Waals surface area (Å²) in [5, 5.41) is 3.03. The van der Waals surface area contributed by atoms with Crippen LogP contribution in [0.25, 0.3) is 0 Å². The van der Waals surface area contributed by atoms with Crippen molar-refractivity contribution in [3.05, 3.63) is 18.1 Å². The second-order valence-electron chi connectivity index (χ2n) is 3.90. The van der Waals surface area contributed by atoms with Gasteiger partial charge in [0.15, 0.2) is 0 Å². The van der Waals surface area contributed by atoms with Crippen molar-refractivity contribution in [2.45, 2.75) is 38.3 Å². The molecular formula is C11H17N3O. The molecule has 1 heterocycles. The summed E-state index contributed by atoms with van der Waals surface area (Å²) < 4.78 is 5.71. The van der Waals surface area contributed by atoms with E-state index in [1.54, 1.807) is 12.4 Å². The number of ether oxygens (including phenoxy) is 1. The molecule has 2 rings (SSSR count). The molecule has 0 amide bonds. The standard InChI is InChI=1S/C11H17N3O/c1-12-6-9-7-14-11(8-13-9)15-10-4-2-3-5-10/h7-8,10,12H,2-6H2,1H3. The largest absolute Gasteiger partial charge is 0.473 e. The van der Waals surface area contributed by atoms with Crippen LogP contribution in [0.15, 0.2) is 12.4 Å². The van der Waals surface area contributed by atoms with Gasteiger partial charge in [0, 0.05) is 6.54 Å². The van der Waals surface area contributed by atoms with Crippen LogP contribution in [0.3, 0.4) is 0 Å². The predicted molar refractivity (Wildman–Crippen MR) is 57.7 cm³/mol. The van der Waals surface area contributed by atoms with Gasteiger partial charge in [-0.3, -0.25) is 4.98 Å². The van der Waals surface area contributed by atoms with E-state index in [2.05, 4.69) is 15.3 Å². The lowest BCUT2D eigenvalue weighted by Gasteiger charge is -2.11. The molecule has 4 nitrogen and oxygen atoms in total. The smallest absolute Gasteiger partial charge is 0.232 e. The molecule has 15 heavy (non-hydrogen) atoms. The summed E-state index contributed by atoms with van der Waals surface area (Å²) in [7, 11) is 1.89. The molecule has 0 unspecified atom stereocenters. The highest BCUT2D eigenvalue weighted by Gasteiger charge is 2.16. The SMILES string of the molecule is CNCc1cnc(OC2CCCC2)cn1. The number of nitrogens with zero attached hydrogens (tertiary/aromatic N) is 2. The third-order valence-electron chi connectivity index (χ3n) is 2.63. The van der Waals surface area contributed by atoms with Gasteiger partial charge < -0.3 is 10.1 Å². The van der Waals surface area contributed by atoms with Crippen LogP contribution in [-0.4, -0.2) is 23.1 Å². The molecule has 1 fully saturated rings. The summed E-state index contributed by atoms with van der Waals surface area (Å²) in [6.07, 6.45) is 8.69. The van der Waals surface area contributed by atoms with Gasteiger partial charge in [-0.15, -0.1) is 0 Å². The number of hydrogen-bond donors (Lipinski definition) is 1. The Morgan fingerprint density at radius 2 is 2.13 bits per heavy atom. The highest BCUT2D eigenvalue weighted by Crippen LogP contribution is 2.22. The van der Waals surface area contributed by atoms with Gasteiger partial charge in [0.25, 0.3) is 0 Å². The lowest BCUT2D eigenvalue weighted by atomic mass is 10.3. The first-order valence-corrected chi connectivity index (χ1v) is 5.50. The molecule has 1 aliphatic carbocycles. The van der Waals surface area contributed by atoms with E-state index < -0.39 is 0 Å². The van der Waals surface area contributed by atoms with E-state index in [0.29, 0.717) is 12.0 Å². The van der Waals surface area contributed by atoms with Crippen LogP contribution in [0.2, 0.25) is 0 Å². The molecule has 0 aliphatic heterocycles. The minimum absolute atomic E-state index is 0.356. The zero-order chi connectivity index (χ0) is 10.5. The third kappa shape index (κ3) is 2.89. The highest BCUT2D eigenvalue weighted by atomic mass is 16.5. The van der Waals surface area contributed by atoms with Crippen LogP contribution >= 0.6 is 0 Å². The average molecular weight is 207 g/mol. The van der Waals surface area contributed by atoms with E-state index in [0.717, 1.165) is 25.1 Å². The van der Waals surface area contributed by atoms with Crippen molar-refractivity contribution in [2.24, 2.45) is 0 Å². The summed E-state index contributed by atoms with van der Waals surface area (Å²) in [4.78, 5) is 8.50. The van der Waals surface area contributed by atoms with Crippen molar-refractivity contribution in [3.8, 4) is 5.88 Å². The van der Waals surface area contributed by atoms with Gasteiger partial charge in [-0.1, -0.05) is 0 Å². The first kappa shape index (κ1) is 10.4. The molecule has 1 saturated carbocycles. The van der Waals surface area contributed by atoms with Crippen LogP contribution < -0.4 is 10.1 Å². The van der Waals surface area contributed by atoms with E-state index in [-0.39, 0.29) is 0 Å². The van der Waals surface area contributed by atoms with Crippen LogP contribution in [0.5, 0.6) is 5.88 Å². The number of rotatable bonds is 4. The van der Waals surface area contributed by atoms with E-state index in [4.69, 9.17) is 4.74 Å².